The molecule has 0 aliphatic heterocycles. The predicted octanol–water partition coefficient (Wildman–Crippen LogP) is 4.05. The smallest absolute Gasteiger partial charge is 0.196 e. The second kappa shape index (κ2) is 6.04. The molecule has 5 heteroatoms. The molecule has 0 spiro atoms. The second-order valence-corrected chi connectivity index (χ2v) is 4.72. The largest absolute Gasteiger partial charge is 0.370 e. The molecule has 0 amide bonds. The van der Waals surface area contributed by atoms with Crippen LogP contribution < -0.4 is 5.32 Å². The zero-order chi connectivity index (χ0) is 13.8. The lowest BCUT2D eigenvalue weighted by Crippen LogP contribution is -2.09. The van der Waals surface area contributed by atoms with Crippen molar-refractivity contribution in [1.82, 2.24) is 4.98 Å². The van der Waals surface area contributed by atoms with E-state index < -0.39 is 0 Å². The standard InChI is InChI=1S/C14H12Cl2N2O/c1-2-17-14-11(6-7-12(16)18-14)13(19)9-4-3-5-10(15)8-9/h3-8H,2H2,1H3,(H,17,18). The fourth-order valence-corrected chi connectivity index (χ4v) is 2.04. The van der Waals surface area contributed by atoms with Crippen molar-refractivity contribution in [3.8, 4) is 0 Å². The summed E-state index contributed by atoms with van der Waals surface area (Å²) in [5, 5.41) is 3.90. The number of carbonyl (C=O) groups excluding carboxylic acids is 1. The maximum Gasteiger partial charge on any atom is 0.196 e. The maximum atomic E-state index is 12.4. The van der Waals surface area contributed by atoms with Crippen LogP contribution in [-0.4, -0.2) is 17.3 Å². The van der Waals surface area contributed by atoms with E-state index in [0.29, 0.717) is 33.7 Å². The average molecular weight is 295 g/mol. The van der Waals surface area contributed by atoms with Crippen molar-refractivity contribution in [2.24, 2.45) is 0 Å². The molecular weight excluding hydrogens is 283 g/mol. The number of aromatic nitrogens is 1. The van der Waals surface area contributed by atoms with Crippen LogP contribution in [-0.2, 0) is 0 Å². The van der Waals surface area contributed by atoms with Gasteiger partial charge in [0.25, 0.3) is 0 Å². The molecule has 0 saturated heterocycles. The van der Waals surface area contributed by atoms with Gasteiger partial charge in [0.2, 0.25) is 0 Å². The quantitative estimate of drug-likeness (QED) is 0.683. The van der Waals surface area contributed by atoms with E-state index in [-0.39, 0.29) is 5.78 Å². The Balaban J connectivity index is 2.43. The summed E-state index contributed by atoms with van der Waals surface area (Å²) in [4.78, 5) is 16.6. The minimum atomic E-state index is -0.136. The van der Waals surface area contributed by atoms with Crippen LogP contribution in [0.2, 0.25) is 10.2 Å². The van der Waals surface area contributed by atoms with Gasteiger partial charge >= 0.3 is 0 Å². The Labute approximate surface area is 121 Å². The molecule has 0 unspecified atom stereocenters. The molecule has 98 valence electrons. The van der Waals surface area contributed by atoms with Gasteiger partial charge in [-0.3, -0.25) is 4.79 Å². The van der Waals surface area contributed by atoms with E-state index in [1.807, 2.05) is 6.92 Å². The number of pyridine rings is 1. The number of ketones is 1. The lowest BCUT2D eigenvalue weighted by molar-refractivity contribution is 0.103. The molecule has 19 heavy (non-hydrogen) atoms. The van der Waals surface area contributed by atoms with Crippen LogP contribution in [0.4, 0.5) is 5.82 Å². The van der Waals surface area contributed by atoms with Crippen LogP contribution >= 0.6 is 23.2 Å². The van der Waals surface area contributed by atoms with Gasteiger partial charge in [-0.05, 0) is 31.2 Å². The zero-order valence-corrected chi connectivity index (χ0v) is 11.8. The van der Waals surface area contributed by atoms with E-state index in [1.165, 1.54) is 0 Å². The third kappa shape index (κ3) is 3.25. The Kier molecular flexibility index (Phi) is 4.40. The van der Waals surface area contributed by atoms with Gasteiger partial charge < -0.3 is 5.32 Å². The minimum absolute atomic E-state index is 0.136. The van der Waals surface area contributed by atoms with E-state index in [4.69, 9.17) is 23.2 Å². The summed E-state index contributed by atoms with van der Waals surface area (Å²) in [5.41, 5.74) is 1.00. The van der Waals surface area contributed by atoms with E-state index in [0.717, 1.165) is 0 Å². The monoisotopic (exact) mass is 294 g/mol. The van der Waals surface area contributed by atoms with Crippen molar-refractivity contribution in [1.29, 1.82) is 0 Å². The van der Waals surface area contributed by atoms with Crippen LogP contribution in [0.25, 0.3) is 0 Å². The number of rotatable bonds is 4. The van der Waals surface area contributed by atoms with Gasteiger partial charge in [-0.2, -0.15) is 0 Å². The molecule has 1 heterocycles. The van der Waals surface area contributed by atoms with Crippen LogP contribution in [0.1, 0.15) is 22.8 Å². The van der Waals surface area contributed by atoms with Crippen molar-refractivity contribution in [2.75, 3.05) is 11.9 Å². The maximum absolute atomic E-state index is 12.4. The molecule has 0 bridgehead atoms. The molecule has 0 atom stereocenters. The number of nitrogens with one attached hydrogen (secondary N) is 1. The molecule has 0 fully saturated rings. The second-order valence-electron chi connectivity index (χ2n) is 3.90. The summed E-state index contributed by atoms with van der Waals surface area (Å²) in [6, 6.07) is 10.1. The molecule has 0 radical (unpaired) electrons. The number of carbonyl (C=O) groups is 1. The van der Waals surface area contributed by atoms with E-state index in [2.05, 4.69) is 10.3 Å². The first kappa shape index (κ1) is 13.8. The number of halogens is 2. The highest BCUT2D eigenvalue weighted by atomic mass is 35.5. The highest BCUT2D eigenvalue weighted by molar-refractivity contribution is 6.31. The van der Waals surface area contributed by atoms with Crippen molar-refractivity contribution >= 4 is 34.8 Å². The number of hydrogen-bond acceptors (Lipinski definition) is 3. The highest BCUT2D eigenvalue weighted by Gasteiger charge is 2.15. The molecule has 2 aromatic rings. The molecule has 2 rings (SSSR count). The van der Waals surface area contributed by atoms with Crippen LogP contribution in [0.3, 0.4) is 0 Å². The Bertz CT molecular complexity index is 614. The molecule has 0 aliphatic rings. The third-order valence-corrected chi connectivity index (χ3v) is 2.98. The minimum Gasteiger partial charge on any atom is -0.370 e. The Morgan fingerprint density at radius 2 is 2.05 bits per heavy atom. The Hall–Kier alpha value is -1.58. The first-order chi connectivity index (χ1) is 9.11. The van der Waals surface area contributed by atoms with Gasteiger partial charge in [0.1, 0.15) is 11.0 Å². The SMILES string of the molecule is CCNc1nc(Cl)ccc1C(=O)c1cccc(Cl)c1. The lowest BCUT2D eigenvalue weighted by Gasteiger charge is -2.09. The van der Waals surface area contributed by atoms with Crippen molar-refractivity contribution < 1.29 is 4.79 Å². The van der Waals surface area contributed by atoms with Gasteiger partial charge in [-0.25, -0.2) is 4.98 Å². The number of nitrogens with zero attached hydrogens (tertiary/aromatic N) is 1. The van der Waals surface area contributed by atoms with Gasteiger partial charge in [0, 0.05) is 17.1 Å². The first-order valence-electron chi connectivity index (χ1n) is 5.82. The normalized spacial score (nSPS) is 10.3. The Morgan fingerprint density at radius 3 is 2.74 bits per heavy atom. The number of anilines is 1. The summed E-state index contributed by atoms with van der Waals surface area (Å²) in [6.45, 7) is 2.58. The summed E-state index contributed by atoms with van der Waals surface area (Å²) >= 11 is 11.7. The van der Waals surface area contributed by atoms with Crippen molar-refractivity contribution in [3.63, 3.8) is 0 Å². The van der Waals surface area contributed by atoms with Crippen LogP contribution in [0, 0.1) is 0 Å². The third-order valence-electron chi connectivity index (χ3n) is 2.54. The average Bonchev–Trinajstić information content (AvgIpc) is 2.39. The topological polar surface area (TPSA) is 42.0 Å². The predicted molar refractivity (Wildman–Crippen MR) is 78.3 cm³/mol. The van der Waals surface area contributed by atoms with E-state index in [9.17, 15) is 4.79 Å². The summed E-state index contributed by atoms with van der Waals surface area (Å²) in [7, 11) is 0. The number of benzene rings is 1. The molecule has 0 aliphatic carbocycles. The van der Waals surface area contributed by atoms with Crippen LogP contribution in [0.15, 0.2) is 36.4 Å². The van der Waals surface area contributed by atoms with E-state index >= 15 is 0 Å². The van der Waals surface area contributed by atoms with Gasteiger partial charge in [-0.15, -0.1) is 0 Å². The zero-order valence-electron chi connectivity index (χ0n) is 10.3. The lowest BCUT2D eigenvalue weighted by atomic mass is 10.0. The fraction of sp³-hybridized carbons (Fsp3) is 0.143. The van der Waals surface area contributed by atoms with E-state index in [1.54, 1.807) is 36.4 Å². The van der Waals surface area contributed by atoms with Crippen LogP contribution in [0.5, 0.6) is 0 Å². The van der Waals surface area contributed by atoms with Gasteiger partial charge in [0.15, 0.2) is 5.78 Å². The molecule has 3 nitrogen and oxygen atoms in total. The van der Waals surface area contributed by atoms with Gasteiger partial charge in [-0.1, -0.05) is 35.3 Å². The molecule has 0 saturated carbocycles. The number of hydrogen-bond donors (Lipinski definition) is 1. The summed E-state index contributed by atoms with van der Waals surface area (Å²) in [5.74, 6) is 0.350. The molecule has 1 aromatic heterocycles. The molecule has 1 aromatic carbocycles. The fourth-order valence-electron chi connectivity index (χ4n) is 1.71. The van der Waals surface area contributed by atoms with Crippen molar-refractivity contribution in [3.05, 3.63) is 57.7 Å². The Morgan fingerprint density at radius 1 is 1.26 bits per heavy atom. The summed E-state index contributed by atoms with van der Waals surface area (Å²) in [6.07, 6.45) is 0. The van der Waals surface area contributed by atoms with Gasteiger partial charge in [0.05, 0.1) is 5.56 Å². The molecule has 1 N–H and O–H groups in total. The highest BCUT2D eigenvalue weighted by Crippen LogP contribution is 2.21. The summed E-state index contributed by atoms with van der Waals surface area (Å²) < 4.78 is 0. The first-order valence-corrected chi connectivity index (χ1v) is 6.58. The van der Waals surface area contributed by atoms with Crippen molar-refractivity contribution in [2.45, 2.75) is 6.92 Å². The molecular formula is C14H12Cl2N2O.